The Hall–Kier alpha value is -3.59. The number of halogens is 3. The minimum atomic E-state index is -4.60. The molecule has 4 rings (SSSR count). The monoisotopic (exact) mass is 476 g/mol. The predicted octanol–water partition coefficient (Wildman–Crippen LogP) is 7.66. The number of rotatable bonds is 7. The largest absolute Gasteiger partial charge is 0.417 e. The zero-order valence-electron chi connectivity index (χ0n) is 19.3. The van der Waals surface area contributed by atoms with E-state index in [1.807, 2.05) is 42.5 Å². The molecule has 1 aliphatic rings. The minimum absolute atomic E-state index is 0.0697. The highest BCUT2D eigenvalue weighted by Gasteiger charge is 2.34. The van der Waals surface area contributed by atoms with Crippen LogP contribution < -0.4 is 5.32 Å². The average Bonchev–Trinajstić information content (AvgIpc) is 2.88. The number of nitrogens with zero attached hydrogens (tertiary/aromatic N) is 1. The summed E-state index contributed by atoms with van der Waals surface area (Å²) in [7, 11) is 0. The van der Waals surface area contributed by atoms with Crippen molar-refractivity contribution >= 4 is 12.0 Å². The summed E-state index contributed by atoms with van der Waals surface area (Å²) in [5.41, 5.74) is 2.68. The highest BCUT2D eigenvalue weighted by Crippen LogP contribution is 2.36. The van der Waals surface area contributed by atoms with E-state index in [1.165, 1.54) is 12.5 Å². The second-order valence-electron chi connectivity index (χ2n) is 9.12. The van der Waals surface area contributed by atoms with Gasteiger partial charge in [-0.25, -0.2) is 0 Å². The second-order valence-corrected chi connectivity index (χ2v) is 9.12. The first-order valence-electron chi connectivity index (χ1n) is 11.9. The van der Waals surface area contributed by atoms with Crippen LogP contribution in [-0.4, -0.2) is 12.3 Å². The lowest BCUT2D eigenvalue weighted by atomic mass is 9.80. The van der Waals surface area contributed by atoms with Crippen LogP contribution in [0, 0.1) is 17.2 Å². The number of aldehydes is 1. The van der Waals surface area contributed by atoms with Crippen LogP contribution in [0.3, 0.4) is 0 Å². The van der Waals surface area contributed by atoms with E-state index < -0.39 is 11.7 Å². The maximum Gasteiger partial charge on any atom is 0.417 e. The molecule has 35 heavy (non-hydrogen) atoms. The smallest absolute Gasteiger partial charge is 0.382 e. The molecule has 3 aromatic rings. The van der Waals surface area contributed by atoms with Crippen molar-refractivity contribution in [2.75, 3.05) is 5.32 Å². The van der Waals surface area contributed by atoms with Gasteiger partial charge in [-0.2, -0.15) is 18.4 Å². The van der Waals surface area contributed by atoms with Gasteiger partial charge in [-0.15, -0.1) is 0 Å². The van der Waals surface area contributed by atoms with Gasteiger partial charge in [-0.05, 0) is 66.1 Å². The van der Waals surface area contributed by atoms with E-state index in [2.05, 4.69) is 5.32 Å². The van der Waals surface area contributed by atoms with Gasteiger partial charge in [0.15, 0.2) is 0 Å². The lowest BCUT2D eigenvalue weighted by molar-refractivity contribution is -0.137. The Morgan fingerprint density at radius 1 is 1.00 bits per heavy atom. The molecule has 6 heteroatoms. The lowest BCUT2D eigenvalue weighted by Crippen LogP contribution is -2.33. The Morgan fingerprint density at radius 2 is 1.77 bits per heavy atom. The Bertz CT molecular complexity index is 1220. The molecular formula is C29H27F3N2O. The van der Waals surface area contributed by atoms with Crippen LogP contribution in [0.2, 0.25) is 0 Å². The second kappa shape index (κ2) is 10.8. The molecule has 0 heterocycles. The first-order chi connectivity index (χ1) is 16.9. The molecule has 180 valence electrons. The van der Waals surface area contributed by atoms with Gasteiger partial charge in [-0.3, -0.25) is 4.79 Å². The summed E-state index contributed by atoms with van der Waals surface area (Å²) in [6.07, 6.45) is 2.27. The maximum absolute atomic E-state index is 13.6. The van der Waals surface area contributed by atoms with Crippen LogP contribution >= 0.6 is 0 Å². The van der Waals surface area contributed by atoms with Gasteiger partial charge in [0.2, 0.25) is 0 Å². The summed E-state index contributed by atoms with van der Waals surface area (Å²) in [4.78, 5) is 11.3. The van der Waals surface area contributed by atoms with Crippen molar-refractivity contribution in [3.63, 3.8) is 0 Å². The molecule has 1 fully saturated rings. The molecule has 1 saturated carbocycles. The van der Waals surface area contributed by atoms with Crippen molar-refractivity contribution in [1.82, 2.24) is 0 Å². The molecule has 1 aliphatic carbocycles. The van der Waals surface area contributed by atoms with Crippen molar-refractivity contribution < 1.29 is 18.0 Å². The molecule has 0 bridgehead atoms. The highest BCUT2D eigenvalue weighted by molar-refractivity contribution is 5.79. The van der Waals surface area contributed by atoms with Crippen molar-refractivity contribution in [1.29, 1.82) is 5.26 Å². The number of hydrogen-bond acceptors (Lipinski definition) is 3. The van der Waals surface area contributed by atoms with Gasteiger partial charge in [0.05, 0.1) is 17.2 Å². The number of carbonyl (C=O) groups excluding carboxylic acids is 1. The minimum Gasteiger partial charge on any atom is -0.382 e. The van der Waals surface area contributed by atoms with Gasteiger partial charge < -0.3 is 5.32 Å². The van der Waals surface area contributed by atoms with E-state index >= 15 is 0 Å². The number of anilines is 1. The molecule has 1 unspecified atom stereocenters. The van der Waals surface area contributed by atoms with E-state index in [4.69, 9.17) is 5.26 Å². The lowest BCUT2D eigenvalue weighted by Gasteiger charge is -2.32. The van der Waals surface area contributed by atoms with E-state index in [0.29, 0.717) is 23.6 Å². The van der Waals surface area contributed by atoms with E-state index in [9.17, 15) is 18.0 Å². The molecule has 0 amide bonds. The number of hydrogen-bond donors (Lipinski definition) is 1. The molecule has 0 aliphatic heterocycles. The normalized spacial score (nSPS) is 15.3. The van der Waals surface area contributed by atoms with E-state index in [0.717, 1.165) is 54.7 Å². The zero-order chi connectivity index (χ0) is 24.8. The molecule has 0 aromatic heterocycles. The first-order valence-corrected chi connectivity index (χ1v) is 11.9. The van der Waals surface area contributed by atoms with Crippen LogP contribution in [0.15, 0.2) is 66.7 Å². The summed E-state index contributed by atoms with van der Waals surface area (Å²) in [6, 6.07) is 20.8. The fourth-order valence-electron chi connectivity index (χ4n) is 5.05. The SMILES string of the molecule is N#Cc1ccc(NC(Cc2ccccc2-c2cccc(C=O)c2)C2CCCCC2)cc1C(F)(F)F. The van der Waals surface area contributed by atoms with Crippen molar-refractivity contribution in [3.05, 3.63) is 89.0 Å². The average molecular weight is 477 g/mol. The van der Waals surface area contributed by atoms with Gasteiger partial charge in [0, 0.05) is 17.3 Å². The fourth-order valence-corrected chi connectivity index (χ4v) is 5.05. The number of nitrogens with one attached hydrogen (secondary N) is 1. The van der Waals surface area contributed by atoms with Crippen LogP contribution in [-0.2, 0) is 12.6 Å². The van der Waals surface area contributed by atoms with E-state index in [1.54, 1.807) is 18.2 Å². The van der Waals surface area contributed by atoms with Gasteiger partial charge in [0.25, 0.3) is 0 Å². The summed E-state index contributed by atoms with van der Waals surface area (Å²) in [5, 5.41) is 12.5. The Labute approximate surface area is 203 Å². The summed E-state index contributed by atoms with van der Waals surface area (Å²) in [5.74, 6) is 0.322. The summed E-state index contributed by atoms with van der Waals surface area (Å²) >= 11 is 0. The molecule has 0 spiro atoms. The maximum atomic E-state index is 13.6. The fraction of sp³-hybridized carbons (Fsp3) is 0.310. The van der Waals surface area contributed by atoms with E-state index in [-0.39, 0.29) is 11.6 Å². The number of benzene rings is 3. The molecule has 1 N–H and O–H groups in total. The molecule has 3 aromatic carbocycles. The third-order valence-electron chi connectivity index (χ3n) is 6.81. The Kier molecular flexibility index (Phi) is 7.55. The first kappa shape index (κ1) is 24.5. The number of nitriles is 1. The summed E-state index contributed by atoms with van der Waals surface area (Å²) in [6.45, 7) is 0. The highest BCUT2D eigenvalue weighted by atomic mass is 19.4. The third kappa shape index (κ3) is 5.92. The van der Waals surface area contributed by atoms with Crippen molar-refractivity contribution in [3.8, 4) is 17.2 Å². The van der Waals surface area contributed by atoms with Crippen LogP contribution in [0.5, 0.6) is 0 Å². The molecule has 3 nitrogen and oxygen atoms in total. The Morgan fingerprint density at radius 3 is 2.49 bits per heavy atom. The van der Waals surface area contributed by atoms with Crippen LogP contribution in [0.25, 0.3) is 11.1 Å². The van der Waals surface area contributed by atoms with Gasteiger partial charge >= 0.3 is 6.18 Å². The van der Waals surface area contributed by atoms with Crippen molar-refractivity contribution in [2.24, 2.45) is 5.92 Å². The summed E-state index contributed by atoms with van der Waals surface area (Å²) < 4.78 is 40.7. The van der Waals surface area contributed by atoms with Crippen LogP contribution in [0.4, 0.5) is 18.9 Å². The quantitative estimate of drug-likeness (QED) is 0.356. The molecule has 0 saturated heterocycles. The number of alkyl halides is 3. The Balaban J connectivity index is 1.68. The van der Waals surface area contributed by atoms with Gasteiger partial charge in [0.1, 0.15) is 6.29 Å². The van der Waals surface area contributed by atoms with Crippen LogP contribution in [0.1, 0.15) is 59.2 Å². The predicted molar refractivity (Wildman–Crippen MR) is 131 cm³/mol. The number of carbonyl (C=O) groups is 1. The topological polar surface area (TPSA) is 52.9 Å². The molecule has 1 atom stereocenters. The van der Waals surface area contributed by atoms with Gasteiger partial charge in [-0.1, -0.05) is 61.7 Å². The van der Waals surface area contributed by atoms with Crippen molar-refractivity contribution in [2.45, 2.75) is 50.7 Å². The standard InChI is InChI=1S/C29H27F3N2O/c30-29(31,32)27-17-25(14-13-24(27)18-33)34-28(21-8-2-1-3-9-21)16-23-10-4-5-12-26(23)22-11-6-7-20(15-22)19-35/h4-7,10-15,17,19,21,28,34H,1-3,8-9,16H2. The molecular weight excluding hydrogens is 449 g/mol. The zero-order valence-corrected chi connectivity index (χ0v) is 19.3. The molecule has 0 radical (unpaired) electrons. The third-order valence-corrected chi connectivity index (χ3v) is 6.81.